The third kappa shape index (κ3) is 4.43. The molecule has 0 spiro atoms. The van der Waals surface area contributed by atoms with Crippen molar-refractivity contribution in [3.8, 4) is 0 Å². The van der Waals surface area contributed by atoms with Crippen molar-refractivity contribution in [3.05, 3.63) is 35.4 Å². The highest BCUT2D eigenvalue weighted by molar-refractivity contribution is 5.22. The lowest BCUT2D eigenvalue weighted by atomic mass is 9.88. The summed E-state index contributed by atoms with van der Waals surface area (Å²) >= 11 is 0. The lowest BCUT2D eigenvalue weighted by Crippen LogP contribution is -2.29. The largest absolute Gasteiger partial charge is 0.314 e. The molecule has 0 saturated heterocycles. The summed E-state index contributed by atoms with van der Waals surface area (Å²) in [4.78, 5) is 0. The van der Waals surface area contributed by atoms with E-state index in [2.05, 4.69) is 26.1 Å². The molecule has 0 amide bonds. The standard InChI is InChI=1S/C14H21F2N/c1-9(2)17-8-10(3)11(4)12-5-13(15)7-14(16)6-12/h5-7,9-11,17H,8H2,1-4H3. The quantitative estimate of drug-likeness (QED) is 0.828. The SMILES string of the molecule is CC(C)NCC(C)C(C)c1cc(F)cc(F)c1. The van der Waals surface area contributed by atoms with Gasteiger partial charge < -0.3 is 5.32 Å². The van der Waals surface area contributed by atoms with Crippen LogP contribution in [-0.2, 0) is 0 Å². The van der Waals surface area contributed by atoms with Gasteiger partial charge in [-0.05, 0) is 36.1 Å². The van der Waals surface area contributed by atoms with Crippen molar-refractivity contribution >= 4 is 0 Å². The Labute approximate surface area is 102 Å². The van der Waals surface area contributed by atoms with Crippen LogP contribution in [0, 0.1) is 17.6 Å². The molecule has 1 aromatic carbocycles. The summed E-state index contributed by atoms with van der Waals surface area (Å²) in [7, 11) is 0. The van der Waals surface area contributed by atoms with Gasteiger partial charge in [-0.25, -0.2) is 8.78 Å². The Morgan fingerprint density at radius 3 is 2.00 bits per heavy atom. The molecule has 96 valence electrons. The average molecular weight is 241 g/mol. The molecule has 0 saturated carbocycles. The second-order valence-electron chi connectivity index (χ2n) is 5.03. The van der Waals surface area contributed by atoms with Gasteiger partial charge in [0.15, 0.2) is 0 Å². The van der Waals surface area contributed by atoms with Crippen LogP contribution in [0.4, 0.5) is 8.78 Å². The van der Waals surface area contributed by atoms with Gasteiger partial charge >= 0.3 is 0 Å². The maximum Gasteiger partial charge on any atom is 0.126 e. The van der Waals surface area contributed by atoms with E-state index in [-0.39, 0.29) is 5.92 Å². The van der Waals surface area contributed by atoms with Gasteiger partial charge in [0.1, 0.15) is 11.6 Å². The fraction of sp³-hybridized carbons (Fsp3) is 0.571. The van der Waals surface area contributed by atoms with E-state index in [0.29, 0.717) is 12.0 Å². The molecular weight excluding hydrogens is 220 g/mol. The molecule has 0 fully saturated rings. The molecule has 2 unspecified atom stereocenters. The maximum atomic E-state index is 13.1. The highest BCUT2D eigenvalue weighted by Gasteiger charge is 2.16. The Hall–Kier alpha value is -0.960. The van der Waals surface area contributed by atoms with Crippen molar-refractivity contribution in [3.63, 3.8) is 0 Å². The first kappa shape index (κ1) is 14.1. The van der Waals surface area contributed by atoms with Crippen molar-refractivity contribution in [1.29, 1.82) is 0 Å². The first-order valence-corrected chi connectivity index (χ1v) is 6.09. The minimum absolute atomic E-state index is 0.131. The van der Waals surface area contributed by atoms with E-state index in [1.54, 1.807) is 0 Å². The van der Waals surface area contributed by atoms with Crippen LogP contribution in [0.5, 0.6) is 0 Å². The number of halogens is 2. The van der Waals surface area contributed by atoms with Gasteiger partial charge in [0, 0.05) is 12.1 Å². The van der Waals surface area contributed by atoms with E-state index >= 15 is 0 Å². The molecule has 1 rings (SSSR count). The molecule has 0 bridgehead atoms. The predicted molar refractivity (Wildman–Crippen MR) is 67.1 cm³/mol. The Morgan fingerprint density at radius 2 is 1.53 bits per heavy atom. The number of nitrogens with one attached hydrogen (secondary N) is 1. The second-order valence-corrected chi connectivity index (χ2v) is 5.03. The van der Waals surface area contributed by atoms with E-state index < -0.39 is 11.6 Å². The highest BCUT2D eigenvalue weighted by Crippen LogP contribution is 2.25. The van der Waals surface area contributed by atoms with Gasteiger partial charge in [0.2, 0.25) is 0 Å². The summed E-state index contributed by atoms with van der Waals surface area (Å²) in [5, 5.41) is 3.34. The molecule has 0 aromatic heterocycles. The molecule has 1 nitrogen and oxygen atoms in total. The van der Waals surface area contributed by atoms with Crippen LogP contribution in [-0.4, -0.2) is 12.6 Å². The monoisotopic (exact) mass is 241 g/mol. The Bertz CT molecular complexity index is 343. The van der Waals surface area contributed by atoms with Crippen LogP contribution in [0.2, 0.25) is 0 Å². The molecular formula is C14H21F2N. The van der Waals surface area contributed by atoms with Gasteiger partial charge in [-0.1, -0.05) is 27.7 Å². The average Bonchev–Trinajstić information content (AvgIpc) is 2.23. The Balaban J connectivity index is 2.70. The van der Waals surface area contributed by atoms with Gasteiger partial charge in [0.05, 0.1) is 0 Å². The molecule has 3 heteroatoms. The van der Waals surface area contributed by atoms with Crippen molar-refractivity contribution in [2.24, 2.45) is 5.92 Å². The zero-order valence-electron chi connectivity index (χ0n) is 10.9. The summed E-state index contributed by atoms with van der Waals surface area (Å²) in [6.07, 6.45) is 0. The van der Waals surface area contributed by atoms with Crippen LogP contribution in [0.25, 0.3) is 0 Å². The van der Waals surface area contributed by atoms with Gasteiger partial charge in [-0.3, -0.25) is 0 Å². The van der Waals surface area contributed by atoms with E-state index in [9.17, 15) is 8.78 Å². The molecule has 1 aromatic rings. The number of rotatable bonds is 5. The molecule has 1 N–H and O–H groups in total. The fourth-order valence-corrected chi connectivity index (χ4v) is 1.76. The van der Waals surface area contributed by atoms with E-state index in [1.807, 2.05) is 6.92 Å². The summed E-state index contributed by atoms with van der Waals surface area (Å²) in [6, 6.07) is 4.17. The van der Waals surface area contributed by atoms with Crippen LogP contribution in [0.1, 0.15) is 39.2 Å². The lowest BCUT2D eigenvalue weighted by molar-refractivity contribution is 0.423. The summed E-state index contributed by atoms with van der Waals surface area (Å²) < 4.78 is 26.2. The molecule has 0 heterocycles. The van der Waals surface area contributed by atoms with Gasteiger partial charge in [-0.15, -0.1) is 0 Å². The molecule has 0 aliphatic heterocycles. The summed E-state index contributed by atoms with van der Waals surface area (Å²) in [6.45, 7) is 9.10. The minimum Gasteiger partial charge on any atom is -0.314 e. The van der Waals surface area contributed by atoms with Crippen molar-refractivity contribution in [2.45, 2.75) is 39.7 Å². The lowest BCUT2D eigenvalue weighted by Gasteiger charge is -2.22. The van der Waals surface area contributed by atoms with E-state index in [1.165, 1.54) is 12.1 Å². The van der Waals surface area contributed by atoms with Crippen LogP contribution >= 0.6 is 0 Å². The normalized spacial score (nSPS) is 15.0. The van der Waals surface area contributed by atoms with Crippen LogP contribution in [0.15, 0.2) is 18.2 Å². The van der Waals surface area contributed by atoms with Gasteiger partial charge in [0.25, 0.3) is 0 Å². The highest BCUT2D eigenvalue weighted by atomic mass is 19.1. The first-order valence-electron chi connectivity index (χ1n) is 6.09. The molecule has 2 atom stereocenters. The second kappa shape index (κ2) is 6.10. The minimum atomic E-state index is -0.504. The third-order valence-electron chi connectivity index (χ3n) is 3.11. The van der Waals surface area contributed by atoms with Crippen LogP contribution in [0.3, 0.4) is 0 Å². The topological polar surface area (TPSA) is 12.0 Å². The zero-order chi connectivity index (χ0) is 13.0. The van der Waals surface area contributed by atoms with Gasteiger partial charge in [-0.2, -0.15) is 0 Å². The maximum absolute atomic E-state index is 13.1. The number of benzene rings is 1. The van der Waals surface area contributed by atoms with E-state index in [4.69, 9.17) is 0 Å². The zero-order valence-corrected chi connectivity index (χ0v) is 10.9. The first-order chi connectivity index (χ1) is 7.90. The molecule has 17 heavy (non-hydrogen) atoms. The van der Waals surface area contributed by atoms with Crippen molar-refractivity contribution < 1.29 is 8.78 Å². The van der Waals surface area contributed by atoms with Crippen LogP contribution < -0.4 is 5.32 Å². The number of hydrogen-bond donors (Lipinski definition) is 1. The fourth-order valence-electron chi connectivity index (χ4n) is 1.76. The van der Waals surface area contributed by atoms with E-state index in [0.717, 1.165) is 18.2 Å². The molecule has 0 aliphatic carbocycles. The summed E-state index contributed by atoms with van der Waals surface area (Å²) in [5.74, 6) is -0.545. The molecule has 0 aliphatic rings. The third-order valence-corrected chi connectivity index (χ3v) is 3.11. The van der Waals surface area contributed by atoms with Crippen molar-refractivity contribution in [2.75, 3.05) is 6.54 Å². The molecule has 0 radical (unpaired) electrons. The van der Waals surface area contributed by atoms with Crippen molar-refractivity contribution in [1.82, 2.24) is 5.32 Å². The number of hydrogen-bond acceptors (Lipinski definition) is 1. The summed E-state index contributed by atoms with van der Waals surface area (Å²) in [5.41, 5.74) is 0.723. The smallest absolute Gasteiger partial charge is 0.126 e. The Kier molecular flexibility index (Phi) is 5.06. The Morgan fingerprint density at radius 1 is 1.00 bits per heavy atom. The predicted octanol–water partition coefficient (Wildman–Crippen LogP) is 3.70.